The molecule has 2 aliphatic rings. The van der Waals surface area contributed by atoms with Gasteiger partial charge in [-0.3, -0.25) is 14.5 Å². The van der Waals surface area contributed by atoms with Crippen LogP contribution in [0.2, 0.25) is 0 Å². The van der Waals surface area contributed by atoms with Crippen molar-refractivity contribution >= 4 is 11.9 Å². The van der Waals surface area contributed by atoms with Crippen LogP contribution in [0.25, 0.3) is 0 Å². The van der Waals surface area contributed by atoms with Gasteiger partial charge in [-0.05, 0) is 12.5 Å². The monoisotopic (exact) mass is 487 g/mol. The summed E-state index contributed by atoms with van der Waals surface area (Å²) in [6, 6.07) is 6.06. The standard InChI is InChI=1S/C25H30FN3O6/c1-33-18-6-5-17(19(26)14-18)16-27-9-7-20-24(25(32)34-2)21(15-23(31)29(20)11-10-27)35-13-12-28-8-3-4-22(28)30/h5-6,14-15H,3-4,7-13,16H2,1-2H3. The molecular weight excluding hydrogens is 457 g/mol. The number of carbonyl (C=O) groups excluding carboxylic acids is 2. The molecule has 1 fully saturated rings. The van der Waals surface area contributed by atoms with E-state index in [0.717, 1.165) is 6.42 Å². The van der Waals surface area contributed by atoms with Gasteiger partial charge in [-0.1, -0.05) is 6.07 Å². The number of carbonyl (C=O) groups is 2. The van der Waals surface area contributed by atoms with Crippen LogP contribution in [-0.4, -0.2) is 73.2 Å². The van der Waals surface area contributed by atoms with E-state index in [2.05, 4.69) is 0 Å². The molecule has 0 radical (unpaired) electrons. The molecule has 0 spiro atoms. The maximum absolute atomic E-state index is 14.5. The number of hydrogen-bond donors (Lipinski definition) is 0. The van der Waals surface area contributed by atoms with Crippen LogP contribution in [0.4, 0.5) is 4.39 Å². The van der Waals surface area contributed by atoms with Crippen molar-refractivity contribution in [2.75, 3.05) is 47.0 Å². The van der Waals surface area contributed by atoms with Crippen molar-refractivity contribution in [3.63, 3.8) is 0 Å². The Hall–Kier alpha value is -3.40. The van der Waals surface area contributed by atoms with E-state index in [1.165, 1.54) is 26.4 Å². The highest BCUT2D eigenvalue weighted by molar-refractivity contribution is 5.93. The molecule has 2 aliphatic heterocycles. The third-order valence-electron chi connectivity index (χ3n) is 6.52. The molecule has 1 aromatic heterocycles. The van der Waals surface area contributed by atoms with Crippen LogP contribution in [0.3, 0.4) is 0 Å². The second kappa shape index (κ2) is 10.9. The molecule has 0 N–H and O–H groups in total. The smallest absolute Gasteiger partial charge is 0.343 e. The van der Waals surface area contributed by atoms with Crippen molar-refractivity contribution < 1.29 is 28.2 Å². The lowest BCUT2D eigenvalue weighted by Crippen LogP contribution is -2.31. The minimum absolute atomic E-state index is 0.0807. The van der Waals surface area contributed by atoms with E-state index < -0.39 is 5.97 Å². The summed E-state index contributed by atoms with van der Waals surface area (Å²) in [7, 11) is 2.77. The van der Waals surface area contributed by atoms with Gasteiger partial charge in [0, 0.05) is 69.0 Å². The number of ether oxygens (including phenoxy) is 3. The van der Waals surface area contributed by atoms with Crippen LogP contribution < -0.4 is 15.0 Å². The first kappa shape index (κ1) is 24.7. The molecule has 1 aromatic carbocycles. The molecule has 2 aromatic rings. The first-order valence-electron chi connectivity index (χ1n) is 11.7. The molecule has 4 rings (SSSR count). The molecule has 9 nitrogen and oxygen atoms in total. The van der Waals surface area contributed by atoms with Gasteiger partial charge in [-0.25, -0.2) is 9.18 Å². The normalized spacial score (nSPS) is 16.1. The van der Waals surface area contributed by atoms with E-state index in [9.17, 15) is 18.8 Å². The Morgan fingerprint density at radius 1 is 1.06 bits per heavy atom. The van der Waals surface area contributed by atoms with E-state index >= 15 is 0 Å². The Balaban J connectivity index is 1.53. The largest absolute Gasteiger partial charge is 0.497 e. The molecule has 0 aliphatic carbocycles. The highest BCUT2D eigenvalue weighted by Gasteiger charge is 2.27. The molecule has 1 saturated heterocycles. The molecule has 1 amide bonds. The Labute approximate surface area is 203 Å². The van der Waals surface area contributed by atoms with Gasteiger partial charge in [0.05, 0.1) is 20.8 Å². The summed E-state index contributed by atoms with van der Waals surface area (Å²) in [5.74, 6) is -0.252. The number of benzene rings is 1. The zero-order valence-corrected chi connectivity index (χ0v) is 20.0. The summed E-state index contributed by atoms with van der Waals surface area (Å²) in [5.41, 5.74) is 1.00. The maximum atomic E-state index is 14.5. The zero-order chi connectivity index (χ0) is 24.9. The fraction of sp³-hybridized carbons (Fsp3) is 0.480. The number of aromatic nitrogens is 1. The van der Waals surface area contributed by atoms with Gasteiger partial charge in [-0.15, -0.1) is 0 Å². The summed E-state index contributed by atoms with van der Waals surface area (Å²) < 4.78 is 32.0. The number of likely N-dealkylation sites (tertiary alicyclic amines) is 1. The minimum Gasteiger partial charge on any atom is -0.497 e. The lowest BCUT2D eigenvalue weighted by atomic mass is 10.1. The Bertz CT molecular complexity index is 1160. The number of rotatable bonds is 8. The van der Waals surface area contributed by atoms with Gasteiger partial charge >= 0.3 is 5.97 Å². The number of halogens is 1. The van der Waals surface area contributed by atoms with Crippen LogP contribution >= 0.6 is 0 Å². The molecule has 35 heavy (non-hydrogen) atoms. The van der Waals surface area contributed by atoms with E-state index in [-0.39, 0.29) is 35.2 Å². The number of amides is 1. The highest BCUT2D eigenvalue weighted by Crippen LogP contribution is 2.25. The summed E-state index contributed by atoms with van der Waals surface area (Å²) in [4.78, 5) is 41.3. The van der Waals surface area contributed by atoms with Gasteiger partial charge in [0.25, 0.3) is 5.56 Å². The fourth-order valence-electron chi connectivity index (χ4n) is 4.62. The summed E-state index contributed by atoms with van der Waals surface area (Å²) >= 11 is 0. The number of pyridine rings is 1. The van der Waals surface area contributed by atoms with E-state index in [4.69, 9.17) is 14.2 Å². The molecular formula is C25H30FN3O6. The summed E-state index contributed by atoms with van der Waals surface area (Å²) in [6.07, 6.45) is 1.74. The van der Waals surface area contributed by atoms with Gasteiger partial charge in [0.2, 0.25) is 5.91 Å². The molecule has 188 valence electrons. The topological polar surface area (TPSA) is 90.3 Å². The van der Waals surface area contributed by atoms with Crippen molar-refractivity contribution in [3.8, 4) is 11.5 Å². The lowest BCUT2D eigenvalue weighted by Gasteiger charge is -2.20. The van der Waals surface area contributed by atoms with E-state index in [1.54, 1.807) is 21.6 Å². The van der Waals surface area contributed by atoms with Crippen molar-refractivity contribution in [2.45, 2.75) is 32.4 Å². The molecule has 10 heteroatoms. The predicted molar refractivity (Wildman–Crippen MR) is 125 cm³/mol. The second-order valence-electron chi connectivity index (χ2n) is 8.63. The maximum Gasteiger partial charge on any atom is 0.343 e. The first-order chi connectivity index (χ1) is 16.9. The van der Waals surface area contributed by atoms with E-state index in [1.807, 2.05) is 4.90 Å². The van der Waals surface area contributed by atoms with Crippen molar-refractivity contribution in [1.82, 2.24) is 14.4 Å². The van der Waals surface area contributed by atoms with Crippen LogP contribution in [0.1, 0.15) is 34.5 Å². The third-order valence-corrected chi connectivity index (χ3v) is 6.52. The quantitative estimate of drug-likeness (QED) is 0.525. The fourth-order valence-corrected chi connectivity index (χ4v) is 4.62. The number of fused-ring (bicyclic) bond motifs is 1. The van der Waals surface area contributed by atoms with Crippen LogP contribution in [-0.2, 0) is 29.0 Å². The average Bonchev–Trinajstić information content (AvgIpc) is 3.14. The van der Waals surface area contributed by atoms with Crippen molar-refractivity contribution in [2.24, 2.45) is 0 Å². The van der Waals surface area contributed by atoms with Crippen molar-refractivity contribution in [1.29, 1.82) is 0 Å². The van der Waals surface area contributed by atoms with E-state index in [0.29, 0.717) is 69.1 Å². The van der Waals surface area contributed by atoms with Crippen LogP contribution in [0.5, 0.6) is 11.5 Å². The minimum atomic E-state index is -0.587. The first-order valence-corrected chi connectivity index (χ1v) is 11.7. The predicted octanol–water partition coefficient (Wildman–Crippen LogP) is 1.84. The Kier molecular flexibility index (Phi) is 7.70. The van der Waals surface area contributed by atoms with Gasteiger partial charge in [0.1, 0.15) is 29.5 Å². The third kappa shape index (κ3) is 5.48. The number of methoxy groups -OCH3 is 2. The number of hydrogen-bond acceptors (Lipinski definition) is 7. The average molecular weight is 488 g/mol. The van der Waals surface area contributed by atoms with Crippen molar-refractivity contribution in [3.05, 3.63) is 57.3 Å². The van der Waals surface area contributed by atoms with Crippen LogP contribution in [0, 0.1) is 5.82 Å². The second-order valence-corrected chi connectivity index (χ2v) is 8.63. The highest BCUT2D eigenvalue weighted by atomic mass is 19.1. The lowest BCUT2D eigenvalue weighted by molar-refractivity contribution is -0.128. The molecule has 3 heterocycles. The zero-order valence-electron chi connectivity index (χ0n) is 20.0. The Morgan fingerprint density at radius 3 is 2.57 bits per heavy atom. The number of nitrogens with zero attached hydrogens (tertiary/aromatic N) is 3. The van der Waals surface area contributed by atoms with Gasteiger partial charge in [0.15, 0.2) is 0 Å². The molecule has 0 atom stereocenters. The molecule has 0 bridgehead atoms. The van der Waals surface area contributed by atoms with Crippen LogP contribution in [0.15, 0.2) is 29.1 Å². The van der Waals surface area contributed by atoms with Gasteiger partial charge < -0.3 is 23.7 Å². The molecule has 0 unspecified atom stereocenters. The number of esters is 1. The van der Waals surface area contributed by atoms with Gasteiger partial charge in [-0.2, -0.15) is 0 Å². The summed E-state index contributed by atoms with van der Waals surface area (Å²) in [6.45, 7) is 2.97. The SMILES string of the molecule is COC(=O)c1c(OCCN2CCCC2=O)cc(=O)n2c1CCN(Cc1ccc(OC)cc1F)CC2. The summed E-state index contributed by atoms with van der Waals surface area (Å²) in [5, 5.41) is 0. The Morgan fingerprint density at radius 2 is 1.89 bits per heavy atom. The molecule has 0 saturated carbocycles.